The van der Waals surface area contributed by atoms with Gasteiger partial charge in [0.1, 0.15) is 17.7 Å². The van der Waals surface area contributed by atoms with Crippen molar-refractivity contribution in [1.29, 1.82) is 0 Å². The minimum atomic E-state index is -0.191. The van der Waals surface area contributed by atoms with Crippen molar-refractivity contribution in [2.45, 2.75) is 12.5 Å². The summed E-state index contributed by atoms with van der Waals surface area (Å²) >= 11 is 1.40. The Balaban J connectivity index is 0.00000192. The molecule has 2 nitrogen and oxygen atoms in total. The van der Waals surface area contributed by atoms with E-state index in [4.69, 9.17) is 4.74 Å². The summed E-state index contributed by atoms with van der Waals surface area (Å²) in [5.74, 6) is 0.548. The predicted molar refractivity (Wildman–Crippen MR) is 97.4 cm³/mol. The molecule has 1 heterocycles. The Hall–Kier alpha value is -1.62. The molecule has 23 heavy (non-hydrogen) atoms. The summed E-state index contributed by atoms with van der Waals surface area (Å²) in [5, 5.41) is 5.89. The van der Waals surface area contributed by atoms with E-state index in [1.165, 1.54) is 17.4 Å². The number of thiophene rings is 1. The second-order valence-electron chi connectivity index (χ2n) is 5.12. The van der Waals surface area contributed by atoms with Crippen molar-refractivity contribution >= 4 is 33.8 Å². The molecule has 1 aromatic heterocycles. The highest BCUT2D eigenvalue weighted by Gasteiger charge is 2.16. The Morgan fingerprint density at radius 2 is 1.91 bits per heavy atom. The van der Waals surface area contributed by atoms with Crippen molar-refractivity contribution in [2.24, 2.45) is 0 Å². The highest BCUT2D eigenvalue weighted by Crippen LogP contribution is 2.35. The quantitative estimate of drug-likeness (QED) is 0.659. The number of hydrogen-bond donors (Lipinski definition) is 1. The molecule has 2 aromatic carbocycles. The largest absolute Gasteiger partial charge is 0.485 e. The molecular weight excluding hydrogens is 333 g/mol. The molecule has 0 saturated heterocycles. The average molecular weight is 352 g/mol. The van der Waals surface area contributed by atoms with Crippen molar-refractivity contribution in [3.63, 3.8) is 0 Å². The van der Waals surface area contributed by atoms with Crippen LogP contribution in [0, 0.1) is 5.82 Å². The van der Waals surface area contributed by atoms with Crippen LogP contribution in [-0.4, -0.2) is 13.6 Å². The number of ether oxygens (including phenoxy) is 1. The minimum Gasteiger partial charge on any atom is -0.485 e. The van der Waals surface area contributed by atoms with Gasteiger partial charge in [-0.05, 0) is 42.7 Å². The molecule has 0 spiro atoms. The third kappa shape index (κ3) is 4.02. The summed E-state index contributed by atoms with van der Waals surface area (Å²) in [5.41, 5.74) is 1.13. The second-order valence-corrected chi connectivity index (χ2v) is 6.03. The molecule has 0 unspecified atom stereocenters. The molecule has 5 heteroatoms. The van der Waals surface area contributed by atoms with E-state index in [-0.39, 0.29) is 24.3 Å². The van der Waals surface area contributed by atoms with Gasteiger partial charge in [0.05, 0.1) is 4.70 Å². The molecule has 0 aliphatic rings. The maximum Gasteiger partial charge on any atom is 0.141 e. The fourth-order valence-corrected chi connectivity index (χ4v) is 3.31. The summed E-state index contributed by atoms with van der Waals surface area (Å²) in [7, 11) is 1.93. The molecule has 0 bridgehead atoms. The van der Waals surface area contributed by atoms with Crippen molar-refractivity contribution in [2.75, 3.05) is 13.6 Å². The minimum absolute atomic E-state index is 0. The first-order valence-electron chi connectivity index (χ1n) is 7.31. The second kappa shape index (κ2) is 8.29. The fraction of sp³-hybridized carbons (Fsp3) is 0.222. The molecule has 1 N–H and O–H groups in total. The van der Waals surface area contributed by atoms with Gasteiger partial charge in [-0.2, -0.15) is 0 Å². The smallest absolute Gasteiger partial charge is 0.141 e. The lowest BCUT2D eigenvalue weighted by Gasteiger charge is -2.20. The molecule has 0 saturated carbocycles. The molecular formula is C18H19ClFNOS. The summed E-state index contributed by atoms with van der Waals surface area (Å²) in [6.07, 6.45) is 0.797. The van der Waals surface area contributed by atoms with Crippen molar-refractivity contribution in [1.82, 2.24) is 5.32 Å². The lowest BCUT2D eigenvalue weighted by atomic mass is 10.1. The number of halogens is 2. The first kappa shape index (κ1) is 17.7. The molecule has 3 aromatic rings. The van der Waals surface area contributed by atoms with Crippen LogP contribution in [0.15, 0.2) is 53.9 Å². The average Bonchev–Trinajstić information content (AvgIpc) is 3.05. The lowest BCUT2D eigenvalue weighted by molar-refractivity contribution is 0.197. The lowest BCUT2D eigenvalue weighted by Crippen LogP contribution is -2.16. The van der Waals surface area contributed by atoms with Gasteiger partial charge in [-0.15, -0.1) is 23.7 Å². The Kier molecular flexibility index (Phi) is 6.39. The Labute approximate surface area is 145 Å². The number of nitrogens with one attached hydrogen (secondary N) is 1. The van der Waals surface area contributed by atoms with Gasteiger partial charge in [-0.25, -0.2) is 4.39 Å². The standard InChI is InChI=1S/C18H18FNOS.ClH/c1-20-11-9-16(13-5-3-2-4-6-13)21-17-8-7-15(19)18-14(17)10-12-22-18;/h2-8,10,12,16,20H,9,11H2,1H3;1H/t16-;/m1./s1. The summed E-state index contributed by atoms with van der Waals surface area (Å²) in [6.45, 7) is 0.855. The highest BCUT2D eigenvalue weighted by molar-refractivity contribution is 7.17. The van der Waals surface area contributed by atoms with Crippen LogP contribution in [0.3, 0.4) is 0 Å². The van der Waals surface area contributed by atoms with E-state index in [0.29, 0.717) is 4.70 Å². The first-order chi connectivity index (χ1) is 10.8. The van der Waals surface area contributed by atoms with Crippen molar-refractivity contribution in [3.05, 3.63) is 65.3 Å². The van der Waals surface area contributed by atoms with Gasteiger partial charge in [-0.3, -0.25) is 0 Å². The molecule has 1 atom stereocenters. The summed E-state index contributed by atoms with van der Waals surface area (Å²) in [6, 6.07) is 15.3. The molecule has 0 aliphatic carbocycles. The van der Waals surface area contributed by atoms with Crippen molar-refractivity contribution < 1.29 is 9.13 Å². The van der Waals surface area contributed by atoms with Gasteiger partial charge in [-0.1, -0.05) is 30.3 Å². The molecule has 0 radical (unpaired) electrons. The molecule has 3 rings (SSSR count). The van der Waals surface area contributed by atoms with Gasteiger partial charge in [0, 0.05) is 11.8 Å². The Morgan fingerprint density at radius 1 is 1.13 bits per heavy atom. The van der Waals surface area contributed by atoms with E-state index in [1.807, 2.05) is 36.7 Å². The van der Waals surface area contributed by atoms with Gasteiger partial charge >= 0.3 is 0 Å². The topological polar surface area (TPSA) is 21.3 Å². The van der Waals surface area contributed by atoms with Crippen LogP contribution in [0.4, 0.5) is 4.39 Å². The summed E-state index contributed by atoms with van der Waals surface area (Å²) in [4.78, 5) is 0. The molecule has 0 fully saturated rings. The fourth-order valence-electron chi connectivity index (χ4n) is 2.50. The van der Waals surface area contributed by atoms with Crippen LogP contribution in [0.2, 0.25) is 0 Å². The van der Waals surface area contributed by atoms with Crippen LogP contribution in [0.25, 0.3) is 10.1 Å². The molecule has 122 valence electrons. The number of fused-ring (bicyclic) bond motifs is 1. The zero-order valence-electron chi connectivity index (χ0n) is 12.8. The number of hydrogen-bond acceptors (Lipinski definition) is 3. The maximum absolute atomic E-state index is 13.8. The zero-order chi connectivity index (χ0) is 15.4. The third-order valence-electron chi connectivity index (χ3n) is 3.63. The van der Waals surface area contributed by atoms with E-state index >= 15 is 0 Å². The van der Waals surface area contributed by atoms with E-state index < -0.39 is 0 Å². The van der Waals surface area contributed by atoms with Crippen molar-refractivity contribution in [3.8, 4) is 5.75 Å². The van der Waals surface area contributed by atoms with Gasteiger partial charge in [0.2, 0.25) is 0 Å². The van der Waals surface area contributed by atoms with E-state index in [9.17, 15) is 4.39 Å². The molecule has 0 amide bonds. The van der Waals surface area contributed by atoms with Crippen LogP contribution in [0.5, 0.6) is 5.75 Å². The predicted octanol–water partition coefficient (Wildman–Crippen LogP) is 5.19. The van der Waals surface area contributed by atoms with Crippen LogP contribution in [0.1, 0.15) is 18.1 Å². The van der Waals surface area contributed by atoms with E-state index in [2.05, 4.69) is 17.4 Å². The van der Waals surface area contributed by atoms with Gasteiger partial charge in [0.15, 0.2) is 0 Å². The number of benzene rings is 2. The Bertz CT molecular complexity index is 747. The molecule has 0 aliphatic heterocycles. The van der Waals surface area contributed by atoms with Crippen LogP contribution in [-0.2, 0) is 0 Å². The monoisotopic (exact) mass is 351 g/mol. The van der Waals surface area contributed by atoms with Crippen LogP contribution < -0.4 is 10.1 Å². The maximum atomic E-state index is 13.8. The van der Waals surface area contributed by atoms with Crippen LogP contribution >= 0.6 is 23.7 Å². The van der Waals surface area contributed by atoms with Gasteiger partial charge < -0.3 is 10.1 Å². The zero-order valence-corrected chi connectivity index (χ0v) is 14.4. The Morgan fingerprint density at radius 3 is 2.65 bits per heavy atom. The normalized spacial score (nSPS) is 11.9. The van der Waals surface area contributed by atoms with Gasteiger partial charge in [0.25, 0.3) is 0 Å². The number of rotatable bonds is 6. The third-order valence-corrected chi connectivity index (χ3v) is 4.55. The first-order valence-corrected chi connectivity index (χ1v) is 8.19. The van der Waals surface area contributed by atoms with E-state index in [1.54, 1.807) is 6.07 Å². The summed E-state index contributed by atoms with van der Waals surface area (Å²) < 4.78 is 20.7. The van der Waals surface area contributed by atoms with E-state index in [0.717, 1.165) is 29.7 Å². The SMILES string of the molecule is CNCC[C@@H](Oc1ccc(F)c2sccc12)c1ccccc1.Cl. The highest BCUT2D eigenvalue weighted by atomic mass is 35.5.